The van der Waals surface area contributed by atoms with E-state index >= 15 is 0 Å². The van der Waals surface area contributed by atoms with Crippen LogP contribution in [-0.4, -0.2) is 29.7 Å². The number of ether oxygens (including phenoxy) is 2. The van der Waals surface area contributed by atoms with Gasteiger partial charge in [-0.25, -0.2) is 9.78 Å². The molecule has 0 atom stereocenters. The van der Waals surface area contributed by atoms with Crippen molar-refractivity contribution in [3.63, 3.8) is 0 Å². The van der Waals surface area contributed by atoms with Crippen LogP contribution < -0.4 is 10.1 Å². The second kappa shape index (κ2) is 6.60. The van der Waals surface area contributed by atoms with Gasteiger partial charge in [-0.05, 0) is 31.2 Å². The molecule has 0 spiro atoms. The van der Waals surface area contributed by atoms with Gasteiger partial charge in [0.15, 0.2) is 0 Å². The van der Waals surface area contributed by atoms with Gasteiger partial charge in [0.1, 0.15) is 5.69 Å². The lowest BCUT2D eigenvalue weighted by molar-refractivity contribution is 0.0594. The average molecular weight is 275 g/mol. The van der Waals surface area contributed by atoms with Crippen LogP contribution in [0.3, 0.4) is 0 Å². The third kappa shape index (κ3) is 3.28. The van der Waals surface area contributed by atoms with E-state index in [1.807, 2.05) is 25.1 Å². The largest absolute Gasteiger partial charge is 0.476 e. The fourth-order valence-electron chi connectivity index (χ4n) is 1.74. The molecule has 2 aromatic heterocycles. The molecule has 2 aromatic rings. The number of pyridine rings is 1. The third-order valence-corrected chi connectivity index (χ3v) is 2.67. The number of nitrogens with one attached hydrogen (secondary N) is 2. The van der Waals surface area contributed by atoms with Crippen molar-refractivity contribution in [2.75, 3.05) is 19.0 Å². The maximum atomic E-state index is 11.3. The number of aromatic nitrogens is 2. The minimum absolute atomic E-state index is 0.382. The molecule has 0 saturated carbocycles. The number of methoxy groups -OCH3 is 1. The van der Waals surface area contributed by atoms with Gasteiger partial charge >= 0.3 is 5.97 Å². The van der Waals surface area contributed by atoms with E-state index in [1.165, 1.54) is 7.11 Å². The number of rotatable bonds is 6. The smallest absolute Gasteiger partial charge is 0.354 e. The molecule has 2 heterocycles. The van der Waals surface area contributed by atoms with Crippen molar-refractivity contribution in [1.29, 1.82) is 0 Å². The number of carbonyl (C=O) groups is 1. The standard InChI is InChI=1S/C14H17N3O3/c1-3-20-13-11(5-4-8-15-13)16-9-10-6-7-12(17-10)14(18)19-2/h4-8,16-17H,3,9H2,1-2H3. The van der Waals surface area contributed by atoms with E-state index < -0.39 is 0 Å². The molecule has 20 heavy (non-hydrogen) atoms. The minimum atomic E-state index is -0.382. The van der Waals surface area contributed by atoms with Gasteiger partial charge in [-0.1, -0.05) is 0 Å². The van der Waals surface area contributed by atoms with Crippen molar-refractivity contribution in [1.82, 2.24) is 9.97 Å². The molecule has 0 saturated heterocycles. The second-order valence-corrected chi connectivity index (χ2v) is 4.03. The number of anilines is 1. The molecule has 6 heteroatoms. The van der Waals surface area contributed by atoms with Crippen LogP contribution in [0.25, 0.3) is 0 Å². The lowest BCUT2D eigenvalue weighted by Gasteiger charge is -2.10. The van der Waals surface area contributed by atoms with Crippen LogP contribution in [0, 0.1) is 0 Å². The first-order chi connectivity index (χ1) is 9.74. The van der Waals surface area contributed by atoms with Crippen LogP contribution in [0.15, 0.2) is 30.5 Å². The Morgan fingerprint density at radius 2 is 2.25 bits per heavy atom. The molecule has 0 aromatic carbocycles. The minimum Gasteiger partial charge on any atom is -0.476 e. The molecule has 0 unspecified atom stereocenters. The predicted octanol–water partition coefficient (Wildman–Crippen LogP) is 2.21. The molecule has 0 fully saturated rings. The quantitative estimate of drug-likeness (QED) is 0.790. The summed E-state index contributed by atoms with van der Waals surface area (Å²) in [6, 6.07) is 7.24. The van der Waals surface area contributed by atoms with Gasteiger partial charge in [0.05, 0.1) is 25.9 Å². The molecular weight excluding hydrogens is 258 g/mol. The van der Waals surface area contributed by atoms with Gasteiger partial charge in [0.2, 0.25) is 5.88 Å². The zero-order valence-electron chi connectivity index (χ0n) is 11.5. The lowest BCUT2D eigenvalue weighted by Crippen LogP contribution is -2.05. The van der Waals surface area contributed by atoms with Crippen LogP contribution in [-0.2, 0) is 11.3 Å². The number of nitrogens with zero attached hydrogens (tertiary/aromatic N) is 1. The summed E-state index contributed by atoms with van der Waals surface area (Å²) in [7, 11) is 1.35. The van der Waals surface area contributed by atoms with Crippen LogP contribution >= 0.6 is 0 Å². The molecule has 0 radical (unpaired) electrons. The van der Waals surface area contributed by atoms with Crippen molar-refractivity contribution >= 4 is 11.7 Å². The number of carbonyl (C=O) groups excluding carboxylic acids is 1. The normalized spacial score (nSPS) is 10.1. The molecule has 106 valence electrons. The van der Waals surface area contributed by atoms with E-state index in [9.17, 15) is 4.79 Å². The molecular formula is C14H17N3O3. The molecule has 0 aliphatic rings. The first-order valence-electron chi connectivity index (χ1n) is 6.32. The molecule has 2 rings (SSSR count). The molecule has 0 bridgehead atoms. The predicted molar refractivity (Wildman–Crippen MR) is 74.9 cm³/mol. The fourth-order valence-corrected chi connectivity index (χ4v) is 1.74. The van der Waals surface area contributed by atoms with Crippen molar-refractivity contribution in [2.45, 2.75) is 13.5 Å². The summed E-state index contributed by atoms with van der Waals surface area (Å²) in [6.45, 7) is 3.00. The van der Waals surface area contributed by atoms with Gasteiger partial charge in [-0.2, -0.15) is 0 Å². The summed E-state index contributed by atoms with van der Waals surface area (Å²) in [4.78, 5) is 18.5. The van der Waals surface area contributed by atoms with Gasteiger partial charge in [0.25, 0.3) is 0 Å². The Hall–Kier alpha value is -2.50. The highest BCUT2D eigenvalue weighted by Gasteiger charge is 2.08. The number of H-pyrrole nitrogens is 1. The summed E-state index contributed by atoms with van der Waals surface area (Å²) < 4.78 is 10.1. The Labute approximate surface area is 117 Å². The Morgan fingerprint density at radius 1 is 1.40 bits per heavy atom. The van der Waals surface area contributed by atoms with Crippen molar-refractivity contribution < 1.29 is 14.3 Å². The number of hydrogen-bond donors (Lipinski definition) is 2. The van der Waals surface area contributed by atoms with E-state index in [-0.39, 0.29) is 5.97 Å². The van der Waals surface area contributed by atoms with Crippen molar-refractivity contribution in [3.8, 4) is 5.88 Å². The summed E-state index contributed by atoms with van der Waals surface area (Å²) in [5.41, 5.74) is 2.11. The second-order valence-electron chi connectivity index (χ2n) is 4.03. The fraction of sp³-hybridized carbons (Fsp3) is 0.286. The molecule has 2 N–H and O–H groups in total. The van der Waals surface area contributed by atoms with Crippen molar-refractivity contribution in [2.24, 2.45) is 0 Å². The van der Waals surface area contributed by atoms with E-state index in [4.69, 9.17) is 4.74 Å². The summed E-state index contributed by atoms with van der Waals surface area (Å²) >= 11 is 0. The first-order valence-corrected chi connectivity index (χ1v) is 6.32. The number of aromatic amines is 1. The summed E-state index contributed by atoms with van der Waals surface area (Å²) in [5, 5.41) is 3.21. The Bertz CT molecular complexity index is 581. The van der Waals surface area contributed by atoms with Crippen LogP contribution in [0.5, 0.6) is 5.88 Å². The highest BCUT2D eigenvalue weighted by Crippen LogP contribution is 2.21. The zero-order valence-corrected chi connectivity index (χ0v) is 11.5. The topological polar surface area (TPSA) is 76.2 Å². The number of esters is 1. The lowest BCUT2D eigenvalue weighted by atomic mass is 10.3. The SMILES string of the molecule is CCOc1ncccc1NCc1ccc(C(=O)OC)[nH]1. The monoisotopic (exact) mass is 275 g/mol. The highest BCUT2D eigenvalue weighted by molar-refractivity contribution is 5.87. The Morgan fingerprint density at radius 3 is 3.00 bits per heavy atom. The zero-order chi connectivity index (χ0) is 14.4. The summed E-state index contributed by atoms with van der Waals surface area (Å²) in [6.07, 6.45) is 1.68. The maximum absolute atomic E-state index is 11.3. The van der Waals surface area contributed by atoms with Crippen LogP contribution in [0.1, 0.15) is 23.1 Å². The molecule has 0 aliphatic carbocycles. The molecule has 0 amide bonds. The Kier molecular flexibility index (Phi) is 4.60. The third-order valence-electron chi connectivity index (χ3n) is 2.67. The molecule has 0 aliphatic heterocycles. The van der Waals surface area contributed by atoms with Gasteiger partial charge in [-0.15, -0.1) is 0 Å². The van der Waals surface area contributed by atoms with Gasteiger partial charge in [-0.3, -0.25) is 0 Å². The Balaban J connectivity index is 2.02. The first kappa shape index (κ1) is 13.9. The van der Waals surface area contributed by atoms with E-state index in [0.717, 1.165) is 11.4 Å². The summed E-state index contributed by atoms with van der Waals surface area (Å²) in [5.74, 6) is 0.183. The van der Waals surface area contributed by atoms with Crippen LogP contribution in [0.4, 0.5) is 5.69 Å². The maximum Gasteiger partial charge on any atom is 0.354 e. The van der Waals surface area contributed by atoms with Crippen LogP contribution in [0.2, 0.25) is 0 Å². The molecule has 6 nitrogen and oxygen atoms in total. The number of hydrogen-bond acceptors (Lipinski definition) is 5. The van der Waals surface area contributed by atoms with Gasteiger partial charge in [0, 0.05) is 11.9 Å². The average Bonchev–Trinajstić information content (AvgIpc) is 2.95. The van der Waals surface area contributed by atoms with E-state index in [1.54, 1.807) is 12.3 Å². The van der Waals surface area contributed by atoms with Crippen molar-refractivity contribution in [3.05, 3.63) is 41.9 Å². The van der Waals surface area contributed by atoms with E-state index in [0.29, 0.717) is 24.7 Å². The highest BCUT2D eigenvalue weighted by atomic mass is 16.5. The van der Waals surface area contributed by atoms with Gasteiger partial charge < -0.3 is 19.8 Å². The van der Waals surface area contributed by atoms with E-state index in [2.05, 4.69) is 20.0 Å².